The van der Waals surface area contributed by atoms with Gasteiger partial charge in [0.15, 0.2) is 11.5 Å². The Labute approximate surface area is 174 Å². The number of carbonyl (C=O) groups excluding carboxylic acids is 1. The summed E-state index contributed by atoms with van der Waals surface area (Å²) in [7, 11) is 1.46. The summed E-state index contributed by atoms with van der Waals surface area (Å²) in [5, 5.41) is 15.5. The zero-order chi connectivity index (χ0) is 20.7. The van der Waals surface area contributed by atoms with Gasteiger partial charge in [0.05, 0.1) is 27.0 Å². The van der Waals surface area contributed by atoms with Gasteiger partial charge in [0.2, 0.25) is 0 Å². The highest BCUT2D eigenvalue weighted by Crippen LogP contribution is 2.23. The van der Waals surface area contributed by atoms with E-state index in [4.69, 9.17) is 0 Å². The van der Waals surface area contributed by atoms with Crippen molar-refractivity contribution in [2.75, 3.05) is 7.05 Å². The van der Waals surface area contributed by atoms with Crippen LogP contribution in [0.25, 0.3) is 27.1 Å². The number of nitrogens with zero attached hydrogens (tertiary/aromatic N) is 5. The van der Waals surface area contributed by atoms with Crippen LogP contribution in [0.1, 0.15) is 21.7 Å². The van der Waals surface area contributed by atoms with Crippen molar-refractivity contribution in [2.45, 2.75) is 6.42 Å². The molecule has 9 heteroatoms. The first-order chi connectivity index (χ1) is 14.6. The normalized spacial score (nSPS) is 11.3. The molecule has 148 valence electrons. The summed E-state index contributed by atoms with van der Waals surface area (Å²) in [6.45, 7) is 0. The second-order valence-electron chi connectivity index (χ2n) is 6.71. The van der Waals surface area contributed by atoms with Gasteiger partial charge < -0.3 is 5.32 Å². The molecule has 0 saturated heterocycles. The molecular weight excluding hydrogens is 403 g/mol. The standard InChI is InChI=1S/C21H15FN6OS/c1-23-21(29)14-4-3-13(10-15(14)22)16-6-7-19-25-26-20(28(19)27-16)9-12-2-5-17-18(8-12)30-11-24-17/h2-8,10-11H,9H2,1H3,(H,23,29). The zero-order valence-corrected chi connectivity index (χ0v) is 16.7. The summed E-state index contributed by atoms with van der Waals surface area (Å²) in [4.78, 5) is 16.0. The average Bonchev–Trinajstić information content (AvgIpc) is 3.39. The highest BCUT2D eigenvalue weighted by Gasteiger charge is 2.14. The van der Waals surface area contributed by atoms with E-state index in [1.165, 1.54) is 19.2 Å². The summed E-state index contributed by atoms with van der Waals surface area (Å²) < 4.78 is 17.1. The Hall–Kier alpha value is -3.72. The van der Waals surface area contributed by atoms with Crippen molar-refractivity contribution in [1.29, 1.82) is 0 Å². The highest BCUT2D eigenvalue weighted by atomic mass is 32.1. The molecule has 0 saturated carbocycles. The minimum absolute atomic E-state index is 0.00854. The van der Waals surface area contributed by atoms with Gasteiger partial charge in [-0.1, -0.05) is 12.1 Å². The lowest BCUT2D eigenvalue weighted by atomic mass is 10.1. The quantitative estimate of drug-likeness (QED) is 0.483. The Kier molecular flexibility index (Phi) is 4.44. The van der Waals surface area contributed by atoms with E-state index in [2.05, 4.69) is 31.7 Å². The van der Waals surface area contributed by atoms with E-state index in [0.717, 1.165) is 15.8 Å². The van der Waals surface area contributed by atoms with E-state index in [0.29, 0.717) is 29.1 Å². The number of rotatable bonds is 4. The van der Waals surface area contributed by atoms with Crippen LogP contribution >= 0.6 is 11.3 Å². The monoisotopic (exact) mass is 418 g/mol. The van der Waals surface area contributed by atoms with Crippen LogP contribution in [0, 0.1) is 5.82 Å². The Morgan fingerprint density at radius 1 is 1.13 bits per heavy atom. The molecule has 0 aliphatic carbocycles. The molecule has 0 aliphatic rings. The Balaban J connectivity index is 1.51. The lowest BCUT2D eigenvalue weighted by Gasteiger charge is -2.06. The summed E-state index contributed by atoms with van der Waals surface area (Å²) in [6, 6.07) is 14.1. The van der Waals surface area contributed by atoms with Crippen molar-refractivity contribution >= 4 is 33.1 Å². The summed E-state index contributed by atoms with van der Waals surface area (Å²) >= 11 is 1.59. The smallest absolute Gasteiger partial charge is 0.253 e. The number of nitrogens with one attached hydrogen (secondary N) is 1. The second kappa shape index (κ2) is 7.27. The Morgan fingerprint density at radius 2 is 2.03 bits per heavy atom. The van der Waals surface area contributed by atoms with Crippen molar-refractivity contribution in [3.05, 3.63) is 76.8 Å². The number of fused-ring (bicyclic) bond motifs is 2. The zero-order valence-electron chi connectivity index (χ0n) is 15.8. The number of carbonyl (C=O) groups is 1. The summed E-state index contributed by atoms with van der Waals surface area (Å²) in [6.07, 6.45) is 0.551. The number of amides is 1. The SMILES string of the molecule is CNC(=O)c1ccc(-c2ccc3nnc(Cc4ccc5ncsc5c4)n3n2)cc1F. The molecule has 0 atom stereocenters. The molecule has 0 aliphatic heterocycles. The first-order valence-electron chi connectivity index (χ1n) is 9.18. The highest BCUT2D eigenvalue weighted by molar-refractivity contribution is 7.16. The van der Waals surface area contributed by atoms with Crippen molar-refractivity contribution in [1.82, 2.24) is 30.1 Å². The fourth-order valence-electron chi connectivity index (χ4n) is 3.28. The average molecular weight is 418 g/mol. The number of aromatic nitrogens is 5. The molecule has 0 bridgehead atoms. The first-order valence-corrected chi connectivity index (χ1v) is 10.1. The first kappa shape index (κ1) is 18.3. The second-order valence-corrected chi connectivity index (χ2v) is 7.60. The van der Waals surface area contributed by atoms with Crippen LogP contribution in [-0.4, -0.2) is 37.8 Å². The van der Waals surface area contributed by atoms with E-state index in [9.17, 15) is 9.18 Å². The van der Waals surface area contributed by atoms with Crippen LogP contribution in [0.15, 0.2) is 54.0 Å². The van der Waals surface area contributed by atoms with Gasteiger partial charge in [0.25, 0.3) is 5.91 Å². The van der Waals surface area contributed by atoms with Crippen LogP contribution in [-0.2, 0) is 6.42 Å². The Bertz CT molecular complexity index is 1410. The van der Waals surface area contributed by atoms with Crippen LogP contribution in [0.5, 0.6) is 0 Å². The van der Waals surface area contributed by atoms with Crippen LogP contribution in [0.4, 0.5) is 4.39 Å². The van der Waals surface area contributed by atoms with E-state index >= 15 is 0 Å². The van der Waals surface area contributed by atoms with E-state index in [-0.39, 0.29) is 5.56 Å². The minimum Gasteiger partial charge on any atom is -0.355 e. The van der Waals surface area contributed by atoms with Crippen LogP contribution in [0.2, 0.25) is 0 Å². The topological polar surface area (TPSA) is 85.1 Å². The lowest BCUT2D eigenvalue weighted by Crippen LogP contribution is -2.19. The molecular formula is C21H15FN6OS. The molecule has 0 spiro atoms. The number of hydrogen-bond donors (Lipinski definition) is 1. The lowest BCUT2D eigenvalue weighted by molar-refractivity contribution is 0.0959. The predicted molar refractivity (Wildman–Crippen MR) is 112 cm³/mol. The molecule has 0 fully saturated rings. The Morgan fingerprint density at radius 3 is 2.87 bits per heavy atom. The van der Waals surface area contributed by atoms with Crippen molar-refractivity contribution in [3.63, 3.8) is 0 Å². The van der Waals surface area contributed by atoms with E-state index in [1.54, 1.807) is 34.1 Å². The molecule has 0 unspecified atom stereocenters. The van der Waals surface area contributed by atoms with Gasteiger partial charge >= 0.3 is 0 Å². The molecule has 2 aromatic carbocycles. The minimum atomic E-state index is -0.601. The van der Waals surface area contributed by atoms with Crippen LogP contribution < -0.4 is 5.32 Å². The van der Waals surface area contributed by atoms with Gasteiger partial charge in [-0.2, -0.15) is 9.61 Å². The molecule has 1 amide bonds. The summed E-state index contributed by atoms with van der Waals surface area (Å²) in [5.41, 5.74) is 5.59. The maximum absolute atomic E-state index is 14.4. The van der Waals surface area contributed by atoms with Crippen molar-refractivity contribution < 1.29 is 9.18 Å². The molecule has 5 rings (SSSR count). The summed E-state index contributed by atoms with van der Waals surface area (Å²) in [5.74, 6) is -0.393. The number of thiazole rings is 1. The largest absolute Gasteiger partial charge is 0.355 e. The molecule has 1 N–H and O–H groups in total. The molecule has 3 aromatic heterocycles. The van der Waals surface area contributed by atoms with E-state index < -0.39 is 11.7 Å². The maximum atomic E-state index is 14.4. The van der Waals surface area contributed by atoms with Gasteiger partial charge in [-0.15, -0.1) is 21.5 Å². The molecule has 3 heterocycles. The number of hydrogen-bond acceptors (Lipinski definition) is 6. The number of benzene rings is 2. The number of halogens is 1. The third-order valence-corrected chi connectivity index (χ3v) is 5.61. The van der Waals surface area contributed by atoms with Gasteiger partial charge in [0.1, 0.15) is 5.82 Å². The van der Waals surface area contributed by atoms with Crippen molar-refractivity contribution in [2.24, 2.45) is 0 Å². The van der Waals surface area contributed by atoms with E-state index in [1.807, 2.05) is 17.6 Å². The fourth-order valence-corrected chi connectivity index (χ4v) is 4.02. The van der Waals surface area contributed by atoms with Crippen LogP contribution in [0.3, 0.4) is 0 Å². The molecule has 5 aromatic rings. The van der Waals surface area contributed by atoms with Gasteiger partial charge in [-0.05, 0) is 42.0 Å². The van der Waals surface area contributed by atoms with Crippen molar-refractivity contribution in [3.8, 4) is 11.3 Å². The fraction of sp³-hybridized carbons (Fsp3) is 0.0952. The molecule has 0 radical (unpaired) electrons. The van der Waals surface area contributed by atoms with Gasteiger partial charge in [-0.3, -0.25) is 4.79 Å². The van der Waals surface area contributed by atoms with Gasteiger partial charge in [0, 0.05) is 19.0 Å². The third-order valence-electron chi connectivity index (χ3n) is 4.82. The maximum Gasteiger partial charge on any atom is 0.253 e. The van der Waals surface area contributed by atoms with Gasteiger partial charge in [-0.25, -0.2) is 9.37 Å². The predicted octanol–water partition coefficient (Wildman–Crippen LogP) is 3.49. The third kappa shape index (κ3) is 3.18. The molecule has 30 heavy (non-hydrogen) atoms. The molecule has 7 nitrogen and oxygen atoms in total.